The third-order valence-electron chi connectivity index (χ3n) is 4.21. The Balaban J connectivity index is 1.72. The molecule has 3 heterocycles. The van der Waals surface area contributed by atoms with Gasteiger partial charge in [0.15, 0.2) is 0 Å². The molecule has 3 aliphatic rings. The lowest BCUT2D eigenvalue weighted by Crippen LogP contribution is -2.62. The summed E-state index contributed by atoms with van der Waals surface area (Å²) in [6.45, 7) is 3.39. The predicted octanol–water partition coefficient (Wildman–Crippen LogP) is 1.06. The van der Waals surface area contributed by atoms with E-state index >= 15 is 0 Å². The standard InChI is InChI=1S/C13H20N2O2S2/c1-9-12(16)14-4-2-3-11(14)13(17)15(9)7-10-8-18-5-6-19-10/h9-11H,2-8H2,1H3. The Hall–Kier alpha value is -0.360. The largest absolute Gasteiger partial charge is 0.329 e. The average molecular weight is 300 g/mol. The monoisotopic (exact) mass is 300 g/mol. The lowest BCUT2D eigenvalue weighted by atomic mass is 10.1. The van der Waals surface area contributed by atoms with Crippen molar-refractivity contribution >= 4 is 35.3 Å². The van der Waals surface area contributed by atoms with E-state index in [1.54, 1.807) is 4.90 Å². The number of fused-ring (bicyclic) bond motifs is 1. The maximum atomic E-state index is 12.6. The van der Waals surface area contributed by atoms with E-state index in [-0.39, 0.29) is 23.9 Å². The molecule has 0 bridgehead atoms. The molecular weight excluding hydrogens is 280 g/mol. The molecule has 0 N–H and O–H groups in total. The summed E-state index contributed by atoms with van der Waals surface area (Å²) in [4.78, 5) is 28.5. The Kier molecular flexibility index (Phi) is 3.98. The molecule has 3 rings (SSSR count). The van der Waals surface area contributed by atoms with Crippen LogP contribution in [0.3, 0.4) is 0 Å². The van der Waals surface area contributed by atoms with Crippen molar-refractivity contribution in [1.29, 1.82) is 0 Å². The van der Waals surface area contributed by atoms with Crippen LogP contribution in [0.4, 0.5) is 0 Å². The molecule has 106 valence electrons. The molecule has 6 heteroatoms. The van der Waals surface area contributed by atoms with Crippen LogP contribution in [-0.4, -0.2) is 69.3 Å². The molecule has 2 amide bonds. The number of carbonyl (C=O) groups excluding carboxylic acids is 2. The molecule has 19 heavy (non-hydrogen) atoms. The first-order valence-corrected chi connectivity index (χ1v) is 9.19. The number of hydrogen-bond acceptors (Lipinski definition) is 4. The van der Waals surface area contributed by atoms with Crippen LogP contribution >= 0.6 is 23.5 Å². The molecule has 3 aliphatic heterocycles. The van der Waals surface area contributed by atoms with Crippen molar-refractivity contribution in [1.82, 2.24) is 9.80 Å². The fourth-order valence-electron chi connectivity index (χ4n) is 3.15. The van der Waals surface area contributed by atoms with Gasteiger partial charge in [-0.1, -0.05) is 0 Å². The fraction of sp³-hybridized carbons (Fsp3) is 0.846. The van der Waals surface area contributed by atoms with Crippen molar-refractivity contribution < 1.29 is 9.59 Å². The zero-order valence-corrected chi connectivity index (χ0v) is 12.8. The molecular formula is C13H20N2O2S2. The molecule has 0 aromatic rings. The second-order valence-electron chi connectivity index (χ2n) is 5.42. The number of carbonyl (C=O) groups is 2. The number of thioether (sulfide) groups is 2. The SMILES string of the molecule is CC1C(=O)N2CCCC2C(=O)N1CC1CSCCS1. The molecule has 0 aliphatic carbocycles. The van der Waals surface area contributed by atoms with Gasteiger partial charge in [-0.2, -0.15) is 23.5 Å². The van der Waals surface area contributed by atoms with Gasteiger partial charge >= 0.3 is 0 Å². The van der Waals surface area contributed by atoms with Crippen LogP contribution in [0, 0.1) is 0 Å². The maximum Gasteiger partial charge on any atom is 0.246 e. The first-order chi connectivity index (χ1) is 9.18. The van der Waals surface area contributed by atoms with Crippen molar-refractivity contribution in [3.63, 3.8) is 0 Å². The van der Waals surface area contributed by atoms with Crippen LogP contribution in [0.2, 0.25) is 0 Å². The van der Waals surface area contributed by atoms with Gasteiger partial charge in [0.25, 0.3) is 0 Å². The molecule has 3 atom stereocenters. The lowest BCUT2D eigenvalue weighted by molar-refractivity contribution is -0.158. The first-order valence-electron chi connectivity index (χ1n) is 6.99. The van der Waals surface area contributed by atoms with Gasteiger partial charge in [-0.05, 0) is 19.8 Å². The van der Waals surface area contributed by atoms with Gasteiger partial charge in [0.05, 0.1) is 0 Å². The summed E-state index contributed by atoms with van der Waals surface area (Å²) < 4.78 is 0. The van der Waals surface area contributed by atoms with Crippen molar-refractivity contribution in [2.45, 2.75) is 37.1 Å². The smallest absolute Gasteiger partial charge is 0.246 e. The molecule has 0 spiro atoms. The second-order valence-corrected chi connectivity index (χ2v) is 7.98. The average Bonchev–Trinajstić information content (AvgIpc) is 2.92. The number of amides is 2. The van der Waals surface area contributed by atoms with Crippen LogP contribution in [-0.2, 0) is 9.59 Å². The summed E-state index contributed by atoms with van der Waals surface area (Å²) in [5, 5.41) is 0.492. The highest BCUT2D eigenvalue weighted by atomic mass is 32.2. The highest BCUT2D eigenvalue weighted by Crippen LogP contribution is 2.30. The van der Waals surface area contributed by atoms with Crippen LogP contribution in [0.1, 0.15) is 19.8 Å². The molecule has 0 radical (unpaired) electrons. The molecule has 3 saturated heterocycles. The zero-order valence-electron chi connectivity index (χ0n) is 11.2. The quantitative estimate of drug-likeness (QED) is 0.764. The van der Waals surface area contributed by atoms with Crippen LogP contribution in [0.25, 0.3) is 0 Å². The molecule has 3 fully saturated rings. The summed E-state index contributed by atoms with van der Waals surface area (Å²) in [5.74, 6) is 3.80. The van der Waals surface area contributed by atoms with E-state index in [1.165, 1.54) is 5.75 Å². The second kappa shape index (κ2) is 5.56. The maximum absolute atomic E-state index is 12.6. The summed E-state index contributed by atoms with van der Waals surface area (Å²) in [6.07, 6.45) is 1.82. The summed E-state index contributed by atoms with van der Waals surface area (Å²) in [7, 11) is 0. The minimum atomic E-state index is -0.269. The minimum absolute atomic E-state index is 0.149. The van der Waals surface area contributed by atoms with Crippen molar-refractivity contribution in [3.05, 3.63) is 0 Å². The van der Waals surface area contributed by atoms with E-state index in [1.807, 2.05) is 35.3 Å². The highest BCUT2D eigenvalue weighted by Gasteiger charge is 2.46. The van der Waals surface area contributed by atoms with E-state index in [0.717, 1.165) is 37.4 Å². The number of piperazine rings is 1. The van der Waals surface area contributed by atoms with Crippen molar-refractivity contribution in [3.8, 4) is 0 Å². The van der Waals surface area contributed by atoms with E-state index in [0.29, 0.717) is 5.25 Å². The number of nitrogens with zero attached hydrogens (tertiary/aromatic N) is 2. The molecule has 0 aromatic heterocycles. The van der Waals surface area contributed by atoms with Crippen molar-refractivity contribution in [2.75, 3.05) is 30.3 Å². The molecule has 0 aromatic carbocycles. The minimum Gasteiger partial charge on any atom is -0.329 e. The van der Waals surface area contributed by atoms with Crippen molar-refractivity contribution in [2.24, 2.45) is 0 Å². The van der Waals surface area contributed by atoms with E-state index in [9.17, 15) is 9.59 Å². The van der Waals surface area contributed by atoms with Gasteiger partial charge in [0.1, 0.15) is 12.1 Å². The van der Waals surface area contributed by atoms with Crippen LogP contribution in [0.5, 0.6) is 0 Å². The summed E-state index contributed by atoms with van der Waals surface area (Å²) in [5.41, 5.74) is 0. The summed E-state index contributed by atoms with van der Waals surface area (Å²) >= 11 is 3.91. The van der Waals surface area contributed by atoms with Gasteiger partial charge in [-0.25, -0.2) is 0 Å². The molecule has 0 saturated carbocycles. The van der Waals surface area contributed by atoms with E-state index in [4.69, 9.17) is 0 Å². The Morgan fingerprint density at radius 3 is 2.84 bits per heavy atom. The van der Waals surface area contributed by atoms with E-state index in [2.05, 4.69) is 0 Å². The Bertz CT molecular complexity index is 385. The number of hydrogen-bond donors (Lipinski definition) is 0. The zero-order chi connectivity index (χ0) is 13.4. The highest BCUT2D eigenvalue weighted by molar-refractivity contribution is 8.06. The van der Waals surface area contributed by atoms with Gasteiger partial charge in [0, 0.05) is 35.6 Å². The Morgan fingerprint density at radius 2 is 2.11 bits per heavy atom. The van der Waals surface area contributed by atoms with Crippen LogP contribution in [0.15, 0.2) is 0 Å². The Morgan fingerprint density at radius 1 is 1.26 bits per heavy atom. The Labute approximate surface area is 122 Å². The number of rotatable bonds is 2. The van der Waals surface area contributed by atoms with Crippen LogP contribution < -0.4 is 0 Å². The fourth-order valence-corrected chi connectivity index (χ4v) is 5.82. The first kappa shape index (κ1) is 13.6. The van der Waals surface area contributed by atoms with Gasteiger partial charge in [-0.15, -0.1) is 0 Å². The normalized spacial score (nSPS) is 35.7. The third kappa shape index (κ3) is 2.49. The van der Waals surface area contributed by atoms with Gasteiger partial charge < -0.3 is 9.80 Å². The van der Waals surface area contributed by atoms with Gasteiger partial charge in [0.2, 0.25) is 11.8 Å². The molecule has 4 nitrogen and oxygen atoms in total. The van der Waals surface area contributed by atoms with Gasteiger partial charge in [-0.3, -0.25) is 9.59 Å². The summed E-state index contributed by atoms with van der Waals surface area (Å²) in [6, 6.07) is -0.431. The third-order valence-corrected chi connectivity index (χ3v) is 7.04. The lowest BCUT2D eigenvalue weighted by Gasteiger charge is -2.42. The predicted molar refractivity (Wildman–Crippen MR) is 79.5 cm³/mol. The van der Waals surface area contributed by atoms with E-state index < -0.39 is 0 Å². The topological polar surface area (TPSA) is 40.6 Å². The molecule has 3 unspecified atom stereocenters.